The van der Waals surface area contributed by atoms with Crippen LogP contribution in [0, 0.1) is 5.92 Å². The summed E-state index contributed by atoms with van der Waals surface area (Å²) in [5, 5.41) is 5.03. The lowest BCUT2D eigenvalue weighted by Gasteiger charge is -2.15. The highest BCUT2D eigenvalue weighted by Gasteiger charge is 2.24. The van der Waals surface area contributed by atoms with Gasteiger partial charge in [0, 0.05) is 17.5 Å². The number of ketones is 1. The minimum Gasteiger partial charge on any atom is -0.497 e. The van der Waals surface area contributed by atoms with Gasteiger partial charge in [-0.3, -0.25) is 9.59 Å². The zero-order chi connectivity index (χ0) is 21.8. The van der Waals surface area contributed by atoms with Gasteiger partial charge in [0.15, 0.2) is 11.8 Å². The first-order chi connectivity index (χ1) is 14.3. The van der Waals surface area contributed by atoms with Gasteiger partial charge in [-0.1, -0.05) is 32.0 Å². The van der Waals surface area contributed by atoms with Crippen molar-refractivity contribution in [1.82, 2.24) is 9.78 Å². The number of Topliss-reactive ketones (excluding diaryl/α,β-unsaturated/α-hetero) is 1. The van der Waals surface area contributed by atoms with Crippen molar-refractivity contribution in [3.63, 3.8) is 0 Å². The number of ether oxygens (including phenoxy) is 2. The Labute approximate surface area is 174 Å². The number of rotatable bonds is 7. The van der Waals surface area contributed by atoms with Crippen LogP contribution in [-0.2, 0) is 11.3 Å². The molecule has 0 saturated heterocycles. The van der Waals surface area contributed by atoms with Gasteiger partial charge in [0.2, 0.25) is 5.78 Å². The lowest BCUT2D eigenvalue weighted by atomic mass is 10.1. The summed E-state index contributed by atoms with van der Waals surface area (Å²) in [5.74, 6) is -0.307. The maximum Gasteiger partial charge on any atom is 0.360 e. The number of hydrogen-bond acceptors (Lipinski definition) is 6. The number of hydrogen-bond donors (Lipinski definition) is 0. The van der Waals surface area contributed by atoms with Crippen LogP contribution in [0.25, 0.3) is 10.8 Å². The van der Waals surface area contributed by atoms with Gasteiger partial charge in [-0.25, -0.2) is 9.48 Å². The number of fused-ring (bicyclic) bond motifs is 1. The van der Waals surface area contributed by atoms with Gasteiger partial charge in [0.05, 0.1) is 12.5 Å². The molecule has 3 rings (SSSR count). The molecule has 1 atom stereocenters. The Kier molecular flexibility index (Phi) is 6.30. The third-order valence-electron chi connectivity index (χ3n) is 4.63. The molecular weight excluding hydrogens is 384 g/mol. The minimum atomic E-state index is -1.02. The summed E-state index contributed by atoms with van der Waals surface area (Å²) < 4.78 is 11.8. The lowest BCUT2D eigenvalue weighted by molar-refractivity contribution is 0.0312. The van der Waals surface area contributed by atoms with E-state index in [1.807, 2.05) is 13.8 Å². The molecule has 0 aliphatic carbocycles. The van der Waals surface area contributed by atoms with Gasteiger partial charge in [-0.15, -0.1) is 0 Å². The summed E-state index contributed by atoms with van der Waals surface area (Å²) in [6, 6.07) is 13.3. The van der Waals surface area contributed by atoms with Gasteiger partial charge < -0.3 is 9.47 Å². The molecule has 1 aromatic heterocycles. The van der Waals surface area contributed by atoms with Gasteiger partial charge in [0.1, 0.15) is 5.75 Å². The van der Waals surface area contributed by atoms with Gasteiger partial charge in [0.25, 0.3) is 5.56 Å². The Morgan fingerprint density at radius 2 is 1.63 bits per heavy atom. The van der Waals surface area contributed by atoms with Crippen molar-refractivity contribution in [3.8, 4) is 5.75 Å². The maximum absolute atomic E-state index is 12.9. The molecule has 0 spiro atoms. The smallest absolute Gasteiger partial charge is 0.360 e. The lowest BCUT2D eigenvalue weighted by Crippen LogP contribution is -2.30. The molecule has 2 aromatic carbocycles. The largest absolute Gasteiger partial charge is 0.497 e. The van der Waals surface area contributed by atoms with E-state index in [0.29, 0.717) is 28.6 Å². The first-order valence-corrected chi connectivity index (χ1v) is 9.71. The molecule has 0 N–H and O–H groups in total. The van der Waals surface area contributed by atoms with E-state index < -0.39 is 12.1 Å². The number of esters is 1. The summed E-state index contributed by atoms with van der Waals surface area (Å²) in [4.78, 5) is 38.2. The highest BCUT2D eigenvalue weighted by Crippen LogP contribution is 2.17. The van der Waals surface area contributed by atoms with Crippen molar-refractivity contribution in [2.24, 2.45) is 5.92 Å². The Balaban J connectivity index is 1.91. The topological polar surface area (TPSA) is 87.5 Å². The summed E-state index contributed by atoms with van der Waals surface area (Å²) in [6.07, 6.45) is -1.02. The summed E-state index contributed by atoms with van der Waals surface area (Å²) >= 11 is 0. The summed E-state index contributed by atoms with van der Waals surface area (Å²) in [7, 11) is 1.54. The van der Waals surface area contributed by atoms with E-state index in [1.165, 1.54) is 18.7 Å². The van der Waals surface area contributed by atoms with Crippen LogP contribution in [0.1, 0.15) is 41.6 Å². The number of carbonyl (C=O) groups is 2. The summed E-state index contributed by atoms with van der Waals surface area (Å²) in [5.41, 5.74) is 0.150. The maximum atomic E-state index is 12.9. The fourth-order valence-corrected chi connectivity index (χ4v) is 3.12. The van der Waals surface area contributed by atoms with Crippen molar-refractivity contribution < 1.29 is 19.1 Å². The Morgan fingerprint density at radius 3 is 2.23 bits per heavy atom. The SMILES string of the molecule is COc1ccc(C(=O)[C@H](C)OC(=O)c2nn(CC(C)C)c(=O)c3ccccc23)cc1. The first kappa shape index (κ1) is 21.2. The molecule has 0 bridgehead atoms. The number of benzene rings is 2. The van der Waals surface area contributed by atoms with Crippen LogP contribution in [0.15, 0.2) is 53.3 Å². The molecule has 0 fully saturated rings. The molecule has 3 aromatic rings. The zero-order valence-electron chi connectivity index (χ0n) is 17.4. The molecule has 156 valence electrons. The fourth-order valence-electron chi connectivity index (χ4n) is 3.12. The minimum absolute atomic E-state index is 0.0141. The molecular formula is C23H24N2O5. The quantitative estimate of drug-likeness (QED) is 0.439. The van der Waals surface area contributed by atoms with Gasteiger partial charge in [-0.2, -0.15) is 5.10 Å². The van der Waals surface area contributed by atoms with Crippen LogP contribution in [0.3, 0.4) is 0 Å². The monoisotopic (exact) mass is 408 g/mol. The van der Waals surface area contributed by atoms with Crippen LogP contribution < -0.4 is 10.3 Å². The molecule has 7 heteroatoms. The zero-order valence-corrected chi connectivity index (χ0v) is 17.4. The van der Waals surface area contributed by atoms with Crippen LogP contribution in [0.2, 0.25) is 0 Å². The predicted molar refractivity (Wildman–Crippen MR) is 113 cm³/mol. The normalized spacial score (nSPS) is 12.0. The molecule has 0 saturated carbocycles. The van der Waals surface area contributed by atoms with Crippen molar-refractivity contribution in [3.05, 3.63) is 70.1 Å². The molecule has 0 radical (unpaired) electrons. The van der Waals surface area contributed by atoms with E-state index in [0.717, 1.165) is 0 Å². The van der Waals surface area contributed by atoms with E-state index in [9.17, 15) is 14.4 Å². The number of nitrogens with zero attached hydrogens (tertiary/aromatic N) is 2. The number of aromatic nitrogens is 2. The number of carbonyl (C=O) groups excluding carboxylic acids is 2. The third kappa shape index (κ3) is 4.40. The van der Waals surface area contributed by atoms with Crippen LogP contribution in [-0.4, -0.2) is 34.7 Å². The average molecular weight is 408 g/mol. The molecule has 0 unspecified atom stereocenters. The second kappa shape index (κ2) is 8.90. The highest BCUT2D eigenvalue weighted by molar-refractivity contribution is 6.05. The van der Waals surface area contributed by atoms with Gasteiger partial charge >= 0.3 is 5.97 Å². The van der Waals surface area contributed by atoms with Crippen LogP contribution in [0.5, 0.6) is 5.75 Å². The summed E-state index contributed by atoms with van der Waals surface area (Å²) in [6.45, 7) is 5.79. The molecule has 30 heavy (non-hydrogen) atoms. The average Bonchev–Trinajstić information content (AvgIpc) is 2.74. The molecule has 0 aliphatic rings. The van der Waals surface area contributed by atoms with E-state index in [2.05, 4.69) is 5.10 Å². The van der Waals surface area contributed by atoms with Crippen LogP contribution in [0.4, 0.5) is 0 Å². The first-order valence-electron chi connectivity index (χ1n) is 9.71. The number of methoxy groups -OCH3 is 1. The molecule has 0 aliphatic heterocycles. The van der Waals surface area contributed by atoms with E-state index in [4.69, 9.17) is 9.47 Å². The van der Waals surface area contributed by atoms with E-state index in [-0.39, 0.29) is 23.0 Å². The fraction of sp³-hybridized carbons (Fsp3) is 0.304. The van der Waals surface area contributed by atoms with Gasteiger partial charge in [-0.05, 0) is 43.2 Å². The van der Waals surface area contributed by atoms with E-state index in [1.54, 1.807) is 48.5 Å². The third-order valence-corrected chi connectivity index (χ3v) is 4.63. The van der Waals surface area contributed by atoms with E-state index >= 15 is 0 Å². The predicted octanol–water partition coefficient (Wildman–Crippen LogP) is 3.49. The Hall–Kier alpha value is -3.48. The second-order valence-electron chi connectivity index (χ2n) is 7.42. The Bertz CT molecular complexity index is 1130. The Morgan fingerprint density at radius 1 is 1.00 bits per heavy atom. The molecule has 1 heterocycles. The van der Waals surface area contributed by atoms with Crippen molar-refractivity contribution in [1.29, 1.82) is 0 Å². The van der Waals surface area contributed by atoms with Crippen molar-refractivity contribution >= 4 is 22.5 Å². The van der Waals surface area contributed by atoms with Crippen LogP contribution >= 0.6 is 0 Å². The molecule has 0 amide bonds. The highest BCUT2D eigenvalue weighted by atomic mass is 16.5. The van der Waals surface area contributed by atoms with Crippen molar-refractivity contribution in [2.45, 2.75) is 33.4 Å². The second-order valence-corrected chi connectivity index (χ2v) is 7.42. The standard InChI is InChI=1S/C23H24N2O5/c1-14(2)13-25-22(27)19-8-6-5-7-18(19)20(24-25)23(28)30-15(3)21(26)16-9-11-17(29-4)12-10-16/h5-12,14-15H,13H2,1-4H3/t15-/m0/s1. The van der Waals surface area contributed by atoms with Crippen molar-refractivity contribution in [2.75, 3.05) is 7.11 Å². The molecule has 7 nitrogen and oxygen atoms in total.